The first-order valence-corrected chi connectivity index (χ1v) is 10.2. The van der Waals surface area contributed by atoms with Crippen LogP contribution in [0.1, 0.15) is 5.76 Å². The normalized spacial score (nSPS) is 11.5. The van der Waals surface area contributed by atoms with Crippen molar-refractivity contribution in [3.05, 3.63) is 73.2 Å². The van der Waals surface area contributed by atoms with E-state index in [2.05, 4.69) is 25.0 Å². The van der Waals surface area contributed by atoms with Gasteiger partial charge in [0.25, 0.3) is 0 Å². The zero-order chi connectivity index (χ0) is 20.3. The number of anilines is 2. The molecule has 29 heavy (non-hydrogen) atoms. The first kappa shape index (κ1) is 18.8. The SMILES string of the molecule is Cn1cncc1-c1ccnc(Nc2ccc(S(=O)(=O)NCc3ccco3)cc2)n1. The van der Waals surface area contributed by atoms with Gasteiger partial charge in [-0.25, -0.2) is 28.1 Å². The topological polar surface area (TPSA) is 115 Å². The molecule has 2 N–H and O–H groups in total. The van der Waals surface area contributed by atoms with Gasteiger partial charge in [0.15, 0.2) is 0 Å². The molecule has 148 valence electrons. The zero-order valence-electron chi connectivity index (χ0n) is 15.5. The van der Waals surface area contributed by atoms with E-state index in [0.29, 0.717) is 17.4 Å². The van der Waals surface area contributed by atoms with Gasteiger partial charge < -0.3 is 14.3 Å². The fraction of sp³-hybridized carbons (Fsp3) is 0.105. The minimum Gasteiger partial charge on any atom is -0.468 e. The van der Waals surface area contributed by atoms with Crippen molar-refractivity contribution in [2.24, 2.45) is 7.05 Å². The first-order valence-electron chi connectivity index (χ1n) is 8.70. The van der Waals surface area contributed by atoms with Gasteiger partial charge in [-0.2, -0.15) is 0 Å². The summed E-state index contributed by atoms with van der Waals surface area (Å²) in [6, 6.07) is 11.5. The number of furan rings is 1. The molecule has 0 aliphatic heterocycles. The molecule has 0 saturated heterocycles. The van der Waals surface area contributed by atoms with Crippen LogP contribution in [-0.2, 0) is 23.6 Å². The molecule has 1 aromatic carbocycles. The maximum absolute atomic E-state index is 12.4. The second kappa shape index (κ2) is 7.86. The molecule has 0 unspecified atom stereocenters. The van der Waals surface area contributed by atoms with E-state index >= 15 is 0 Å². The van der Waals surface area contributed by atoms with E-state index in [4.69, 9.17) is 4.42 Å². The highest BCUT2D eigenvalue weighted by Gasteiger charge is 2.14. The molecular weight excluding hydrogens is 392 g/mol. The lowest BCUT2D eigenvalue weighted by atomic mass is 10.3. The minimum atomic E-state index is -3.65. The van der Waals surface area contributed by atoms with Crippen LogP contribution < -0.4 is 10.0 Å². The fourth-order valence-corrected chi connectivity index (χ4v) is 3.67. The molecule has 3 heterocycles. The van der Waals surface area contributed by atoms with Gasteiger partial charge in [-0.1, -0.05) is 0 Å². The van der Waals surface area contributed by atoms with Gasteiger partial charge in [0.05, 0.1) is 41.6 Å². The van der Waals surface area contributed by atoms with Crippen LogP contribution in [0.3, 0.4) is 0 Å². The lowest BCUT2D eigenvalue weighted by Gasteiger charge is -2.09. The summed E-state index contributed by atoms with van der Waals surface area (Å²) in [5, 5.41) is 3.08. The van der Waals surface area contributed by atoms with E-state index in [1.807, 2.05) is 11.6 Å². The van der Waals surface area contributed by atoms with Gasteiger partial charge in [0.2, 0.25) is 16.0 Å². The minimum absolute atomic E-state index is 0.0873. The molecule has 0 saturated carbocycles. The summed E-state index contributed by atoms with van der Waals surface area (Å²) in [5.41, 5.74) is 2.25. The largest absolute Gasteiger partial charge is 0.468 e. The van der Waals surface area contributed by atoms with Gasteiger partial charge in [0.1, 0.15) is 5.76 Å². The smallest absolute Gasteiger partial charge is 0.240 e. The van der Waals surface area contributed by atoms with Crippen molar-refractivity contribution in [1.82, 2.24) is 24.2 Å². The van der Waals surface area contributed by atoms with Crippen LogP contribution in [0.5, 0.6) is 0 Å². The monoisotopic (exact) mass is 410 g/mol. The molecule has 0 amide bonds. The van der Waals surface area contributed by atoms with Gasteiger partial charge in [-0.05, 0) is 42.5 Å². The van der Waals surface area contributed by atoms with Crippen molar-refractivity contribution >= 4 is 21.7 Å². The Morgan fingerprint density at radius 1 is 1.14 bits per heavy atom. The Kier molecular flexibility index (Phi) is 5.10. The third-order valence-electron chi connectivity index (χ3n) is 4.17. The van der Waals surface area contributed by atoms with Crippen LogP contribution in [-0.4, -0.2) is 27.9 Å². The predicted molar refractivity (Wildman–Crippen MR) is 107 cm³/mol. The molecule has 0 bridgehead atoms. The first-order chi connectivity index (χ1) is 14.0. The Bertz CT molecular complexity index is 1200. The van der Waals surface area contributed by atoms with Crippen LogP contribution in [0, 0.1) is 0 Å². The molecule has 4 aromatic rings. The molecule has 0 aliphatic carbocycles. The number of hydrogen-bond donors (Lipinski definition) is 2. The number of rotatable bonds is 7. The highest BCUT2D eigenvalue weighted by molar-refractivity contribution is 7.89. The Morgan fingerprint density at radius 2 is 1.97 bits per heavy atom. The molecule has 0 spiro atoms. The van der Waals surface area contributed by atoms with E-state index in [1.54, 1.807) is 49.1 Å². The van der Waals surface area contributed by atoms with Crippen molar-refractivity contribution < 1.29 is 12.8 Å². The van der Waals surface area contributed by atoms with Crippen molar-refractivity contribution in [2.45, 2.75) is 11.4 Å². The van der Waals surface area contributed by atoms with Crippen LogP contribution in [0.2, 0.25) is 0 Å². The number of aryl methyl sites for hydroxylation is 1. The number of nitrogens with zero attached hydrogens (tertiary/aromatic N) is 4. The molecule has 0 atom stereocenters. The van der Waals surface area contributed by atoms with Crippen molar-refractivity contribution in [3.8, 4) is 11.4 Å². The summed E-state index contributed by atoms with van der Waals surface area (Å²) in [4.78, 5) is 12.9. The number of aromatic nitrogens is 4. The second-order valence-corrected chi connectivity index (χ2v) is 7.98. The van der Waals surface area contributed by atoms with Crippen molar-refractivity contribution in [3.63, 3.8) is 0 Å². The lowest BCUT2D eigenvalue weighted by molar-refractivity contribution is 0.498. The van der Waals surface area contributed by atoms with E-state index in [-0.39, 0.29) is 11.4 Å². The standard InChI is InChI=1S/C19H18N6O3S/c1-25-13-20-12-18(25)17-8-9-21-19(24-17)23-14-4-6-16(7-5-14)29(26,27)22-11-15-3-2-10-28-15/h2-10,12-13,22H,11H2,1H3,(H,21,23,24). The zero-order valence-corrected chi connectivity index (χ0v) is 16.3. The van der Waals surface area contributed by atoms with Crippen LogP contribution in [0.25, 0.3) is 11.4 Å². The van der Waals surface area contributed by atoms with E-state index in [9.17, 15) is 8.42 Å². The van der Waals surface area contributed by atoms with E-state index < -0.39 is 10.0 Å². The molecule has 0 aliphatic rings. The molecule has 10 heteroatoms. The Labute approximate surface area is 167 Å². The van der Waals surface area contributed by atoms with Gasteiger partial charge >= 0.3 is 0 Å². The Morgan fingerprint density at radius 3 is 2.66 bits per heavy atom. The maximum atomic E-state index is 12.4. The molecular formula is C19H18N6O3S. The maximum Gasteiger partial charge on any atom is 0.240 e. The van der Waals surface area contributed by atoms with Gasteiger partial charge in [0, 0.05) is 18.9 Å². The average molecular weight is 410 g/mol. The molecule has 4 rings (SSSR count). The lowest BCUT2D eigenvalue weighted by Crippen LogP contribution is -2.22. The summed E-state index contributed by atoms with van der Waals surface area (Å²) in [5.74, 6) is 0.938. The summed E-state index contributed by atoms with van der Waals surface area (Å²) < 4.78 is 34.3. The van der Waals surface area contributed by atoms with Crippen LogP contribution in [0.4, 0.5) is 11.6 Å². The molecule has 9 nitrogen and oxygen atoms in total. The Balaban J connectivity index is 1.46. The predicted octanol–water partition coefficient (Wildman–Crippen LogP) is 2.69. The summed E-state index contributed by atoms with van der Waals surface area (Å²) in [7, 11) is -1.76. The highest BCUT2D eigenvalue weighted by Crippen LogP contribution is 2.20. The summed E-state index contributed by atoms with van der Waals surface area (Å²) in [6.45, 7) is 0.0873. The van der Waals surface area contributed by atoms with Crippen LogP contribution >= 0.6 is 0 Å². The number of benzene rings is 1. The highest BCUT2D eigenvalue weighted by atomic mass is 32.2. The third-order valence-corrected chi connectivity index (χ3v) is 5.59. The third kappa shape index (κ3) is 4.33. The van der Waals surface area contributed by atoms with Crippen LogP contribution in [0.15, 0.2) is 76.8 Å². The van der Waals surface area contributed by atoms with E-state index in [1.165, 1.54) is 18.4 Å². The fourth-order valence-electron chi connectivity index (χ4n) is 2.67. The number of sulfonamides is 1. The quantitative estimate of drug-likeness (QED) is 0.481. The molecule has 3 aromatic heterocycles. The van der Waals surface area contributed by atoms with Crippen molar-refractivity contribution in [2.75, 3.05) is 5.32 Å². The van der Waals surface area contributed by atoms with Gasteiger partial charge in [-0.15, -0.1) is 0 Å². The molecule has 0 fully saturated rings. The van der Waals surface area contributed by atoms with Crippen molar-refractivity contribution in [1.29, 1.82) is 0 Å². The van der Waals surface area contributed by atoms with Gasteiger partial charge in [-0.3, -0.25) is 0 Å². The Hall–Kier alpha value is -3.50. The number of imidazole rings is 1. The van der Waals surface area contributed by atoms with E-state index in [0.717, 1.165) is 11.4 Å². The molecule has 0 radical (unpaired) electrons. The summed E-state index contributed by atoms with van der Waals surface area (Å²) in [6.07, 6.45) is 6.57. The summed E-state index contributed by atoms with van der Waals surface area (Å²) >= 11 is 0. The second-order valence-electron chi connectivity index (χ2n) is 6.21. The average Bonchev–Trinajstić information content (AvgIpc) is 3.39. The number of nitrogens with one attached hydrogen (secondary N) is 2. The number of hydrogen-bond acceptors (Lipinski definition) is 7.